The number of benzene rings is 1. The first-order valence-electron chi connectivity index (χ1n) is 10.7. The van der Waals surface area contributed by atoms with E-state index in [1.54, 1.807) is 35.2 Å². The van der Waals surface area contributed by atoms with Crippen molar-refractivity contribution in [3.8, 4) is 11.5 Å². The molecular weight excluding hydrogens is 414 g/mol. The molecule has 170 valence electrons. The van der Waals surface area contributed by atoms with Gasteiger partial charge in [-0.25, -0.2) is 0 Å². The molecule has 2 aliphatic rings. The molecule has 1 aromatic heterocycles. The molecule has 0 spiro atoms. The standard InChI is InChI=1S/C23H27N3O6/c1-14(2)21(23(29)24-12-17-4-3-7-30-17)25-22(28)15-10-20(27)26(13-15)16-5-6-18-19(11-16)32-9-8-31-18/h3-7,11,14-15,21H,8-10,12-13H2,1-2H3,(H,24,29)(H,25,28). The van der Waals surface area contributed by atoms with E-state index in [-0.39, 0.29) is 43.1 Å². The second-order valence-corrected chi connectivity index (χ2v) is 8.26. The molecule has 0 saturated carbocycles. The number of amides is 3. The van der Waals surface area contributed by atoms with Crippen LogP contribution in [-0.4, -0.2) is 43.5 Å². The Morgan fingerprint density at radius 2 is 1.94 bits per heavy atom. The predicted molar refractivity (Wildman–Crippen MR) is 115 cm³/mol. The molecule has 3 amide bonds. The predicted octanol–water partition coefficient (Wildman–Crippen LogP) is 1.86. The van der Waals surface area contributed by atoms with Gasteiger partial charge in [0.05, 0.1) is 18.7 Å². The van der Waals surface area contributed by atoms with Gasteiger partial charge in [0, 0.05) is 24.7 Å². The van der Waals surface area contributed by atoms with E-state index in [2.05, 4.69) is 10.6 Å². The zero-order valence-electron chi connectivity index (χ0n) is 18.1. The Morgan fingerprint density at radius 1 is 1.16 bits per heavy atom. The summed E-state index contributed by atoms with van der Waals surface area (Å²) in [7, 11) is 0. The van der Waals surface area contributed by atoms with Crippen molar-refractivity contribution in [2.75, 3.05) is 24.7 Å². The fraction of sp³-hybridized carbons (Fsp3) is 0.435. The fourth-order valence-electron chi connectivity index (χ4n) is 3.84. The van der Waals surface area contributed by atoms with E-state index in [4.69, 9.17) is 13.9 Å². The summed E-state index contributed by atoms with van der Waals surface area (Å²) in [5.41, 5.74) is 0.658. The van der Waals surface area contributed by atoms with Crippen LogP contribution in [0.1, 0.15) is 26.0 Å². The molecule has 9 heteroatoms. The third kappa shape index (κ3) is 4.71. The summed E-state index contributed by atoms with van der Waals surface area (Å²) in [6.45, 7) is 5.14. The molecule has 32 heavy (non-hydrogen) atoms. The first-order valence-corrected chi connectivity index (χ1v) is 10.7. The third-order valence-electron chi connectivity index (χ3n) is 5.60. The lowest BCUT2D eigenvalue weighted by atomic mass is 10.0. The number of ether oxygens (including phenoxy) is 2. The largest absolute Gasteiger partial charge is 0.486 e. The van der Waals surface area contributed by atoms with Crippen molar-refractivity contribution in [2.24, 2.45) is 11.8 Å². The Balaban J connectivity index is 1.38. The van der Waals surface area contributed by atoms with Gasteiger partial charge in [0.25, 0.3) is 0 Å². The maximum Gasteiger partial charge on any atom is 0.243 e. The summed E-state index contributed by atoms with van der Waals surface area (Å²) in [6.07, 6.45) is 1.62. The van der Waals surface area contributed by atoms with Crippen molar-refractivity contribution >= 4 is 23.4 Å². The molecule has 2 aliphatic heterocycles. The summed E-state index contributed by atoms with van der Waals surface area (Å²) in [6, 6.07) is 8.10. The monoisotopic (exact) mass is 441 g/mol. The van der Waals surface area contributed by atoms with Gasteiger partial charge in [0.1, 0.15) is 25.0 Å². The van der Waals surface area contributed by atoms with E-state index >= 15 is 0 Å². The molecule has 2 N–H and O–H groups in total. The van der Waals surface area contributed by atoms with Crippen molar-refractivity contribution in [2.45, 2.75) is 32.9 Å². The van der Waals surface area contributed by atoms with Crippen molar-refractivity contribution in [3.05, 3.63) is 42.4 Å². The second kappa shape index (κ2) is 9.33. The van der Waals surface area contributed by atoms with Crippen LogP contribution in [0.3, 0.4) is 0 Å². The zero-order chi connectivity index (χ0) is 22.7. The number of carbonyl (C=O) groups excluding carboxylic acids is 3. The van der Waals surface area contributed by atoms with Crippen LogP contribution >= 0.6 is 0 Å². The van der Waals surface area contributed by atoms with Gasteiger partial charge >= 0.3 is 0 Å². The summed E-state index contributed by atoms with van der Waals surface area (Å²) in [4.78, 5) is 39.8. The van der Waals surface area contributed by atoms with Crippen LogP contribution in [0.4, 0.5) is 5.69 Å². The van der Waals surface area contributed by atoms with Gasteiger partial charge < -0.3 is 29.4 Å². The van der Waals surface area contributed by atoms with Crippen LogP contribution in [0.25, 0.3) is 0 Å². The molecule has 0 aliphatic carbocycles. The SMILES string of the molecule is CC(C)C(NC(=O)C1CC(=O)N(c2ccc3c(c2)OCCO3)C1)C(=O)NCc1ccco1. The Kier molecular flexibility index (Phi) is 6.34. The quantitative estimate of drug-likeness (QED) is 0.679. The zero-order valence-corrected chi connectivity index (χ0v) is 18.1. The van der Waals surface area contributed by atoms with Crippen LogP contribution in [0.15, 0.2) is 41.0 Å². The lowest BCUT2D eigenvalue weighted by Gasteiger charge is -2.24. The highest BCUT2D eigenvalue weighted by Crippen LogP contribution is 2.36. The van der Waals surface area contributed by atoms with E-state index in [1.807, 2.05) is 13.8 Å². The van der Waals surface area contributed by atoms with E-state index in [0.29, 0.717) is 36.2 Å². The Bertz CT molecular complexity index is 988. The van der Waals surface area contributed by atoms with E-state index in [1.165, 1.54) is 6.26 Å². The minimum atomic E-state index is -0.712. The second-order valence-electron chi connectivity index (χ2n) is 8.26. The van der Waals surface area contributed by atoms with Crippen LogP contribution < -0.4 is 25.0 Å². The molecule has 4 rings (SSSR count). The molecule has 2 unspecified atom stereocenters. The Morgan fingerprint density at radius 3 is 2.66 bits per heavy atom. The summed E-state index contributed by atoms with van der Waals surface area (Å²) >= 11 is 0. The van der Waals surface area contributed by atoms with Gasteiger partial charge in [-0.05, 0) is 30.2 Å². The lowest BCUT2D eigenvalue weighted by Crippen LogP contribution is -2.51. The number of hydrogen-bond donors (Lipinski definition) is 2. The number of anilines is 1. The van der Waals surface area contributed by atoms with Gasteiger partial charge in [-0.2, -0.15) is 0 Å². The topological polar surface area (TPSA) is 110 Å². The maximum absolute atomic E-state index is 12.9. The summed E-state index contributed by atoms with van der Waals surface area (Å²) in [5, 5.41) is 5.61. The van der Waals surface area contributed by atoms with E-state index in [9.17, 15) is 14.4 Å². The number of nitrogens with one attached hydrogen (secondary N) is 2. The van der Waals surface area contributed by atoms with Gasteiger partial charge in [-0.3, -0.25) is 14.4 Å². The number of hydrogen-bond acceptors (Lipinski definition) is 6. The highest BCUT2D eigenvalue weighted by atomic mass is 16.6. The first-order chi connectivity index (χ1) is 15.4. The Labute approximate surface area is 186 Å². The molecule has 2 aromatic rings. The number of furan rings is 1. The van der Waals surface area contributed by atoms with Crippen molar-refractivity contribution in [1.82, 2.24) is 10.6 Å². The van der Waals surface area contributed by atoms with E-state index < -0.39 is 12.0 Å². The minimum Gasteiger partial charge on any atom is -0.486 e. The average molecular weight is 441 g/mol. The highest BCUT2D eigenvalue weighted by molar-refractivity contribution is 6.01. The van der Waals surface area contributed by atoms with Crippen molar-refractivity contribution < 1.29 is 28.3 Å². The lowest BCUT2D eigenvalue weighted by molar-refractivity contribution is -0.132. The van der Waals surface area contributed by atoms with E-state index in [0.717, 1.165) is 0 Å². The van der Waals surface area contributed by atoms with Crippen LogP contribution in [0.5, 0.6) is 11.5 Å². The smallest absolute Gasteiger partial charge is 0.243 e. The molecule has 0 radical (unpaired) electrons. The first kappa shape index (κ1) is 21.7. The minimum absolute atomic E-state index is 0.0824. The molecule has 1 aromatic carbocycles. The van der Waals surface area contributed by atoms with Crippen molar-refractivity contribution in [1.29, 1.82) is 0 Å². The number of rotatable bonds is 7. The Hall–Kier alpha value is -3.49. The normalized spacial score (nSPS) is 18.5. The van der Waals surface area contributed by atoms with Gasteiger partial charge in [-0.1, -0.05) is 13.8 Å². The van der Waals surface area contributed by atoms with Crippen LogP contribution in [0, 0.1) is 11.8 Å². The maximum atomic E-state index is 12.9. The molecular formula is C23H27N3O6. The van der Waals surface area contributed by atoms with Gasteiger partial charge in [-0.15, -0.1) is 0 Å². The molecule has 1 saturated heterocycles. The third-order valence-corrected chi connectivity index (χ3v) is 5.60. The van der Waals surface area contributed by atoms with Crippen LogP contribution in [0.2, 0.25) is 0 Å². The highest BCUT2D eigenvalue weighted by Gasteiger charge is 2.37. The average Bonchev–Trinajstić information content (AvgIpc) is 3.45. The molecule has 2 atom stereocenters. The summed E-state index contributed by atoms with van der Waals surface area (Å²) in [5.74, 6) is 0.428. The van der Waals surface area contributed by atoms with Gasteiger partial charge in [0.2, 0.25) is 17.7 Å². The number of carbonyl (C=O) groups is 3. The molecule has 1 fully saturated rings. The molecule has 9 nitrogen and oxygen atoms in total. The van der Waals surface area contributed by atoms with Crippen LogP contribution in [-0.2, 0) is 20.9 Å². The number of nitrogens with zero attached hydrogens (tertiary/aromatic N) is 1. The molecule has 3 heterocycles. The van der Waals surface area contributed by atoms with Crippen molar-refractivity contribution in [3.63, 3.8) is 0 Å². The van der Waals surface area contributed by atoms with Gasteiger partial charge in [0.15, 0.2) is 11.5 Å². The fourth-order valence-corrected chi connectivity index (χ4v) is 3.84. The molecule has 0 bridgehead atoms. The number of fused-ring (bicyclic) bond motifs is 1. The summed E-state index contributed by atoms with van der Waals surface area (Å²) < 4.78 is 16.3.